The number of hydrogen-bond acceptors (Lipinski definition) is 4. The lowest BCUT2D eigenvalue weighted by Crippen LogP contribution is -2.49. The van der Waals surface area contributed by atoms with Gasteiger partial charge in [-0.25, -0.2) is 14.0 Å². The highest BCUT2D eigenvalue weighted by molar-refractivity contribution is 5.95. The van der Waals surface area contributed by atoms with Gasteiger partial charge in [-0.05, 0) is 38.5 Å². The maximum atomic E-state index is 13.3. The summed E-state index contributed by atoms with van der Waals surface area (Å²) < 4.78 is 23.7. The van der Waals surface area contributed by atoms with E-state index in [9.17, 15) is 14.0 Å². The molecular weight excluding hydrogens is 315 g/mol. The molecule has 24 heavy (non-hydrogen) atoms. The van der Waals surface area contributed by atoms with Crippen LogP contribution in [0.25, 0.3) is 0 Å². The van der Waals surface area contributed by atoms with E-state index in [1.54, 1.807) is 26.0 Å². The summed E-state index contributed by atoms with van der Waals surface area (Å²) in [4.78, 5) is 26.2. The number of carbonyl (C=O) groups is 2. The summed E-state index contributed by atoms with van der Waals surface area (Å²) in [6, 6.07) is 4.58. The van der Waals surface area contributed by atoms with Crippen LogP contribution in [-0.4, -0.2) is 36.8 Å². The Morgan fingerprint density at radius 1 is 1.25 bits per heavy atom. The van der Waals surface area contributed by atoms with Crippen molar-refractivity contribution in [3.63, 3.8) is 0 Å². The van der Waals surface area contributed by atoms with Gasteiger partial charge in [-0.3, -0.25) is 4.90 Å². The van der Waals surface area contributed by atoms with Crippen molar-refractivity contribution in [3.05, 3.63) is 46.9 Å². The number of halogens is 1. The summed E-state index contributed by atoms with van der Waals surface area (Å²) in [5, 5.41) is 2.65. The average molecular weight is 336 g/mol. The van der Waals surface area contributed by atoms with E-state index in [-0.39, 0.29) is 19.4 Å². The van der Waals surface area contributed by atoms with Crippen LogP contribution in [0.1, 0.15) is 32.4 Å². The minimum atomic E-state index is -0.704. The number of nitrogens with one attached hydrogen (secondary N) is 1. The summed E-state index contributed by atoms with van der Waals surface area (Å²) in [6.07, 6.45) is 0. The molecule has 6 nitrogen and oxygen atoms in total. The number of esters is 1. The Bertz CT molecular complexity index is 642. The van der Waals surface area contributed by atoms with E-state index in [1.807, 2.05) is 6.92 Å². The molecule has 0 radical (unpaired) electrons. The fraction of sp³-hybridized carbons (Fsp3) is 0.412. The van der Waals surface area contributed by atoms with Crippen molar-refractivity contribution in [2.45, 2.75) is 26.8 Å². The molecule has 1 heterocycles. The summed E-state index contributed by atoms with van der Waals surface area (Å²) in [5.74, 6) is -0.917. The first kappa shape index (κ1) is 17.9. The van der Waals surface area contributed by atoms with Gasteiger partial charge in [0.25, 0.3) is 0 Å². The third kappa shape index (κ3) is 3.73. The molecule has 1 aromatic rings. The lowest BCUT2D eigenvalue weighted by Gasteiger charge is -2.37. The van der Waals surface area contributed by atoms with E-state index in [0.717, 1.165) is 0 Å². The number of hydrogen-bond donors (Lipinski definition) is 1. The van der Waals surface area contributed by atoms with Gasteiger partial charge in [-0.15, -0.1) is 0 Å². The van der Waals surface area contributed by atoms with Gasteiger partial charge >= 0.3 is 12.0 Å². The second kappa shape index (κ2) is 7.92. The summed E-state index contributed by atoms with van der Waals surface area (Å²) >= 11 is 0. The standard InChI is InChI=1S/C17H21FN2O4/c1-4-23-10-20-15(12-6-8-13(18)9-7-12)14(16(21)24-5-2)11(3)19-17(20)22/h6-9,15H,4-5,10H2,1-3H3,(H,19,22). The molecule has 1 aromatic carbocycles. The Balaban J connectivity index is 2.50. The van der Waals surface area contributed by atoms with Crippen LogP contribution in [-0.2, 0) is 14.3 Å². The third-order valence-electron chi connectivity index (χ3n) is 3.66. The molecule has 2 rings (SSSR count). The molecule has 0 spiro atoms. The number of urea groups is 1. The Morgan fingerprint density at radius 2 is 1.92 bits per heavy atom. The zero-order valence-electron chi connectivity index (χ0n) is 14.0. The summed E-state index contributed by atoms with van der Waals surface area (Å²) in [5.41, 5.74) is 1.33. The third-order valence-corrected chi connectivity index (χ3v) is 3.66. The van der Waals surface area contributed by atoms with Gasteiger partial charge in [0.15, 0.2) is 0 Å². The van der Waals surface area contributed by atoms with Crippen molar-refractivity contribution < 1.29 is 23.5 Å². The first-order valence-corrected chi connectivity index (χ1v) is 7.78. The van der Waals surface area contributed by atoms with Crippen LogP contribution in [0.2, 0.25) is 0 Å². The molecule has 1 aliphatic rings. The molecular formula is C17H21FN2O4. The molecule has 0 aliphatic carbocycles. The van der Waals surface area contributed by atoms with Crippen molar-refractivity contribution in [2.24, 2.45) is 0 Å². The minimum absolute atomic E-state index is 0.000557. The van der Waals surface area contributed by atoms with Crippen LogP contribution in [0.3, 0.4) is 0 Å². The van der Waals surface area contributed by atoms with E-state index in [1.165, 1.54) is 17.0 Å². The van der Waals surface area contributed by atoms with Crippen LogP contribution in [0.4, 0.5) is 9.18 Å². The lowest BCUT2D eigenvalue weighted by molar-refractivity contribution is -0.139. The number of allylic oxidation sites excluding steroid dienone is 1. The second-order valence-corrected chi connectivity index (χ2v) is 5.24. The van der Waals surface area contributed by atoms with Gasteiger partial charge in [0.2, 0.25) is 0 Å². The monoisotopic (exact) mass is 336 g/mol. The van der Waals surface area contributed by atoms with Crippen LogP contribution in [0, 0.1) is 5.82 Å². The van der Waals surface area contributed by atoms with E-state index in [2.05, 4.69) is 5.32 Å². The van der Waals surface area contributed by atoms with E-state index >= 15 is 0 Å². The van der Waals surface area contributed by atoms with Crippen molar-refractivity contribution in [1.29, 1.82) is 0 Å². The zero-order valence-corrected chi connectivity index (χ0v) is 14.0. The normalized spacial score (nSPS) is 17.8. The molecule has 7 heteroatoms. The summed E-state index contributed by atoms with van der Waals surface area (Å²) in [7, 11) is 0. The Labute approximate surface area is 140 Å². The number of benzene rings is 1. The smallest absolute Gasteiger partial charge is 0.338 e. The molecule has 1 aliphatic heterocycles. The van der Waals surface area contributed by atoms with Crippen LogP contribution in [0.5, 0.6) is 0 Å². The molecule has 1 atom stereocenters. The van der Waals surface area contributed by atoms with Crippen molar-refractivity contribution in [3.8, 4) is 0 Å². The van der Waals surface area contributed by atoms with E-state index in [0.29, 0.717) is 23.4 Å². The van der Waals surface area contributed by atoms with E-state index in [4.69, 9.17) is 9.47 Å². The Hall–Kier alpha value is -2.41. The molecule has 130 valence electrons. The highest BCUT2D eigenvalue weighted by Gasteiger charge is 2.38. The predicted octanol–water partition coefficient (Wildman–Crippen LogP) is 2.72. The lowest BCUT2D eigenvalue weighted by atomic mass is 9.94. The van der Waals surface area contributed by atoms with E-state index < -0.39 is 17.8 Å². The summed E-state index contributed by atoms with van der Waals surface area (Å²) in [6.45, 7) is 5.78. The van der Waals surface area contributed by atoms with Crippen molar-refractivity contribution >= 4 is 12.0 Å². The quantitative estimate of drug-likeness (QED) is 0.811. The zero-order chi connectivity index (χ0) is 17.7. The van der Waals surface area contributed by atoms with Crippen molar-refractivity contribution in [1.82, 2.24) is 10.2 Å². The first-order chi connectivity index (χ1) is 11.5. The number of ether oxygens (including phenoxy) is 2. The van der Waals surface area contributed by atoms with Crippen LogP contribution < -0.4 is 5.32 Å². The van der Waals surface area contributed by atoms with Gasteiger partial charge in [-0.1, -0.05) is 12.1 Å². The number of nitrogens with zero attached hydrogens (tertiary/aromatic N) is 1. The maximum absolute atomic E-state index is 13.3. The number of amides is 2. The van der Waals surface area contributed by atoms with Gasteiger partial charge in [-0.2, -0.15) is 0 Å². The first-order valence-electron chi connectivity index (χ1n) is 7.78. The average Bonchev–Trinajstić information content (AvgIpc) is 2.54. The highest BCUT2D eigenvalue weighted by Crippen LogP contribution is 2.34. The molecule has 0 saturated carbocycles. The molecule has 0 aromatic heterocycles. The minimum Gasteiger partial charge on any atom is -0.463 e. The fourth-order valence-electron chi connectivity index (χ4n) is 2.57. The van der Waals surface area contributed by atoms with Gasteiger partial charge in [0.1, 0.15) is 12.5 Å². The molecule has 2 amide bonds. The Morgan fingerprint density at radius 3 is 2.50 bits per heavy atom. The van der Waals surface area contributed by atoms with Crippen LogP contribution >= 0.6 is 0 Å². The largest absolute Gasteiger partial charge is 0.463 e. The fourth-order valence-corrected chi connectivity index (χ4v) is 2.57. The van der Waals surface area contributed by atoms with Gasteiger partial charge < -0.3 is 14.8 Å². The maximum Gasteiger partial charge on any atom is 0.338 e. The SMILES string of the molecule is CCOCN1C(=O)NC(C)=C(C(=O)OCC)C1c1ccc(F)cc1. The molecule has 0 saturated heterocycles. The predicted molar refractivity (Wildman–Crippen MR) is 85.3 cm³/mol. The number of carbonyl (C=O) groups excluding carboxylic acids is 2. The van der Waals surface area contributed by atoms with Gasteiger partial charge in [0, 0.05) is 12.3 Å². The molecule has 1 N–H and O–H groups in total. The molecule has 0 fully saturated rings. The number of rotatable bonds is 6. The van der Waals surface area contributed by atoms with Crippen molar-refractivity contribution in [2.75, 3.05) is 19.9 Å². The van der Waals surface area contributed by atoms with Gasteiger partial charge in [0.05, 0.1) is 18.2 Å². The van der Waals surface area contributed by atoms with Crippen LogP contribution in [0.15, 0.2) is 35.5 Å². The topological polar surface area (TPSA) is 67.9 Å². The highest BCUT2D eigenvalue weighted by atomic mass is 19.1. The molecule has 1 unspecified atom stereocenters. The second-order valence-electron chi connectivity index (χ2n) is 5.24. The molecule has 0 bridgehead atoms. The Kier molecular flexibility index (Phi) is 5.92.